The number of likely N-dealkylation sites (tertiary alicyclic amines) is 1. The topological polar surface area (TPSA) is 137 Å². The molecule has 12 nitrogen and oxygen atoms in total. The predicted molar refractivity (Wildman–Crippen MR) is 214 cm³/mol. The number of nitriles is 1. The summed E-state index contributed by atoms with van der Waals surface area (Å²) in [6, 6.07) is 17.5. The van der Waals surface area contributed by atoms with Crippen molar-refractivity contribution in [1.29, 1.82) is 5.26 Å². The van der Waals surface area contributed by atoms with Gasteiger partial charge in [0.1, 0.15) is 12.1 Å². The van der Waals surface area contributed by atoms with E-state index in [1.165, 1.54) is 0 Å². The molecule has 1 N–H and O–H groups in total. The smallest absolute Gasteiger partial charge is 0.262 e. The van der Waals surface area contributed by atoms with Crippen molar-refractivity contribution in [3.8, 4) is 6.07 Å². The number of piperidine rings is 3. The summed E-state index contributed by atoms with van der Waals surface area (Å²) in [6.45, 7) is 9.83. The summed E-state index contributed by atoms with van der Waals surface area (Å²) in [5.41, 5.74) is 7.34. The summed E-state index contributed by atoms with van der Waals surface area (Å²) in [4.78, 5) is 74.7. The van der Waals surface area contributed by atoms with Crippen LogP contribution in [0.25, 0.3) is 0 Å². The van der Waals surface area contributed by atoms with Gasteiger partial charge in [-0.15, -0.1) is 0 Å². The SMILES string of the molecule is Cc1c(N2CC3(CCN(c4ccc(C(=O)N5CCC(N6Cc7cc8c(cc7C6)C(=O)N(C6CCC(=O)NC6=O)C8=O)CC5)cc4)CC3)C[C@@H]2C)ccc(C#N)c1Cl. The monoisotopic (exact) mass is 787 g/mol. The lowest BCUT2D eigenvalue weighted by molar-refractivity contribution is -0.136. The molecular formula is C44H46ClN7O5. The molecule has 294 valence electrons. The molecule has 0 aliphatic carbocycles. The van der Waals surface area contributed by atoms with Crippen molar-refractivity contribution < 1.29 is 24.0 Å². The number of anilines is 2. The van der Waals surface area contributed by atoms with Crippen molar-refractivity contribution in [1.82, 2.24) is 20.0 Å². The summed E-state index contributed by atoms with van der Waals surface area (Å²) in [5, 5.41) is 12.2. The molecule has 3 aromatic rings. The van der Waals surface area contributed by atoms with Gasteiger partial charge in [0.05, 0.1) is 21.7 Å². The molecule has 0 saturated carbocycles. The number of benzene rings is 3. The zero-order valence-corrected chi connectivity index (χ0v) is 33.1. The molecule has 9 rings (SSSR count). The highest BCUT2D eigenvalue weighted by Crippen LogP contribution is 2.47. The molecule has 0 radical (unpaired) electrons. The lowest BCUT2D eigenvalue weighted by atomic mass is 9.76. The van der Waals surface area contributed by atoms with E-state index in [1.54, 1.807) is 12.1 Å². The number of carbonyl (C=O) groups excluding carboxylic acids is 5. The van der Waals surface area contributed by atoms with Gasteiger partial charge in [-0.2, -0.15) is 5.26 Å². The molecular weight excluding hydrogens is 742 g/mol. The van der Waals surface area contributed by atoms with E-state index in [9.17, 15) is 29.2 Å². The fraction of sp³-hybridized carbons (Fsp3) is 0.455. The standard InChI is InChI=1S/C44H46ClN7O5/c1-26-21-44(25-51(26)36-8-5-29(22-46)39(45)27(36)2)13-17-48(18-14-44)32-6-3-28(4-7-32)41(55)49-15-11-33(12-16-49)50-23-30-19-34-35(20-31(30)24-50)43(57)52(42(34)56)37-9-10-38(53)47-40(37)54/h3-8,19-20,26,33,37H,9-18,21,23-25H2,1-2H3,(H,47,53,54)/t26-,37?/m0/s1. The molecule has 3 aromatic carbocycles. The Hall–Kier alpha value is -5.25. The first-order chi connectivity index (χ1) is 27.4. The molecule has 13 heteroatoms. The zero-order chi connectivity index (χ0) is 39.7. The Balaban J connectivity index is 0.769. The van der Waals surface area contributed by atoms with Crippen molar-refractivity contribution in [3.05, 3.63) is 92.5 Å². The molecule has 1 unspecified atom stereocenters. The summed E-state index contributed by atoms with van der Waals surface area (Å²) >= 11 is 6.54. The maximum Gasteiger partial charge on any atom is 0.262 e. The minimum Gasteiger partial charge on any atom is -0.371 e. The summed E-state index contributed by atoms with van der Waals surface area (Å²) < 4.78 is 0. The van der Waals surface area contributed by atoms with Crippen LogP contribution in [0.15, 0.2) is 48.5 Å². The molecule has 4 saturated heterocycles. The van der Waals surface area contributed by atoms with Crippen LogP contribution in [0.2, 0.25) is 5.02 Å². The zero-order valence-electron chi connectivity index (χ0n) is 32.4. The van der Waals surface area contributed by atoms with Gasteiger partial charge in [0.2, 0.25) is 11.8 Å². The first kappa shape index (κ1) is 37.3. The van der Waals surface area contributed by atoms with Crippen LogP contribution < -0.4 is 15.1 Å². The van der Waals surface area contributed by atoms with Crippen LogP contribution in [0.3, 0.4) is 0 Å². The van der Waals surface area contributed by atoms with Crippen molar-refractivity contribution in [2.45, 2.75) is 90.0 Å². The summed E-state index contributed by atoms with van der Waals surface area (Å²) in [7, 11) is 0. The number of nitrogens with zero attached hydrogens (tertiary/aromatic N) is 6. The van der Waals surface area contributed by atoms with Crippen LogP contribution >= 0.6 is 11.6 Å². The highest BCUT2D eigenvalue weighted by molar-refractivity contribution is 6.33. The van der Waals surface area contributed by atoms with Gasteiger partial charge in [-0.3, -0.25) is 39.1 Å². The fourth-order valence-electron chi connectivity index (χ4n) is 10.4. The third-order valence-electron chi connectivity index (χ3n) is 13.6. The van der Waals surface area contributed by atoms with E-state index >= 15 is 0 Å². The lowest BCUT2D eigenvalue weighted by Crippen LogP contribution is -2.54. The second kappa shape index (κ2) is 14.3. The van der Waals surface area contributed by atoms with Crippen LogP contribution in [0.5, 0.6) is 0 Å². The Bertz CT molecular complexity index is 2210. The Morgan fingerprint density at radius 3 is 2.16 bits per heavy atom. The Morgan fingerprint density at radius 2 is 1.54 bits per heavy atom. The van der Waals surface area contributed by atoms with Crippen LogP contribution in [-0.4, -0.2) is 95.1 Å². The number of imide groups is 2. The van der Waals surface area contributed by atoms with E-state index in [2.05, 4.69) is 45.1 Å². The fourth-order valence-corrected chi connectivity index (χ4v) is 10.6. The van der Waals surface area contributed by atoms with Gasteiger partial charge in [-0.25, -0.2) is 0 Å². The van der Waals surface area contributed by atoms with Crippen molar-refractivity contribution in [3.63, 3.8) is 0 Å². The van der Waals surface area contributed by atoms with Crippen LogP contribution in [-0.2, 0) is 22.7 Å². The minimum absolute atomic E-state index is 0.0505. The van der Waals surface area contributed by atoms with Gasteiger partial charge in [-0.05, 0) is 123 Å². The van der Waals surface area contributed by atoms with Gasteiger partial charge in [-0.1, -0.05) is 11.6 Å². The molecule has 6 aliphatic rings. The van der Waals surface area contributed by atoms with E-state index in [0.29, 0.717) is 59.5 Å². The maximum absolute atomic E-state index is 13.6. The lowest BCUT2D eigenvalue weighted by Gasteiger charge is -2.40. The van der Waals surface area contributed by atoms with E-state index < -0.39 is 29.7 Å². The average Bonchev–Trinajstić information content (AvgIpc) is 3.85. The number of nitrogens with one attached hydrogen (secondary N) is 1. The second-order valence-electron chi connectivity index (χ2n) is 16.9. The minimum atomic E-state index is -0.975. The van der Waals surface area contributed by atoms with Crippen molar-refractivity contribution in [2.24, 2.45) is 5.41 Å². The average molecular weight is 788 g/mol. The maximum atomic E-state index is 13.6. The van der Waals surface area contributed by atoms with E-state index in [-0.39, 0.29) is 30.2 Å². The van der Waals surface area contributed by atoms with E-state index in [1.807, 2.05) is 36.1 Å². The van der Waals surface area contributed by atoms with Gasteiger partial charge in [0, 0.05) is 81.3 Å². The summed E-state index contributed by atoms with van der Waals surface area (Å²) in [5.74, 6) is -1.92. The van der Waals surface area contributed by atoms with Crippen LogP contribution in [0.1, 0.15) is 105 Å². The Kier molecular flexibility index (Phi) is 9.36. The quantitative estimate of drug-likeness (QED) is 0.336. The van der Waals surface area contributed by atoms with Gasteiger partial charge in [0.15, 0.2) is 0 Å². The summed E-state index contributed by atoms with van der Waals surface area (Å²) in [6.07, 6.45) is 5.21. The van der Waals surface area contributed by atoms with Gasteiger partial charge in [0.25, 0.3) is 17.7 Å². The Morgan fingerprint density at radius 1 is 0.895 bits per heavy atom. The van der Waals surface area contributed by atoms with Crippen molar-refractivity contribution in [2.75, 3.05) is 42.5 Å². The molecule has 2 atom stereocenters. The number of amides is 5. The third-order valence-corrected chi connectivity index (χ3v) is 14.1. The number of hydrogen-bond acceptors (Lipinski definition) is 9. The number of fused-ring (bicyclic) bond motifs is 2. The van der Waals surface area contributed by atoms with Crippen LogP contribution in [0.4, 0.5) is 11.4 Å². The first-order valence-electron chi connectivity index (χ1n) is 20.2. The molecule has 4 fully saturated rings. The number of carbonyl (C=O) groups is 5. The number of hydrogen-bond donors (Lipinski definition) is 1. The van der Waals surface area contributed by atoms with Crippen molar-refractivity contribution >= 4 is 52.5 Å². The first-order valence-corrected chi connectivity index (χ1v) is 20.5. The highest BCUT2D eigenvalue weighted by atomic mass is 35.5. The molecule has 0 aromatic heterocycles. The molecule has 5 amide bonds. The molecule has 0 bridgehead atoms. The third kappa shape index (κ3) is 6.45. The second-order valence-corrected chi connectivity index (χ2v) is 17.3. The van der Waals surface area contributed by atoms with E-state index in [4.69, 9.17) is 11.6 Å². The molecule has 1 spiro atoms. The van der Waals surface area contributed by atoms with E-state index in [0.717, 1.165) is 84.7 Å². The highest BCUT2D eigenvalue weighted by Gasteiger charge is 2.47. The molecule has 57 heavy (non-hydrogen) atoms. The molecule has 6 aliphatic heterocycles. The van der Waals surface area contributed by atoms with Gasteiger partial charge >= 0.3 is 0 Å². The molecule has 6 heterocycles. The largest absolute Gasteiger partial charge is 0.371 e. The Labute approximate surface area is 337 Å². The van der Waals surface area contributed by atoms with Gasteiger partial charge < -0.3 is 14.7 Å². The number of rotatable bonds is 5. The predicted octanol–water partition coefficient (Wildman–Crippen LogP) is 5.43. The number of halogens is 1. The normalized spacial score (nSPS) is 23.6. The van der Waals surface area contributed by atoms with Crippen LogP contribution in [0, 0.1) is 23.7 Å².